The van der Waals surface area contributed by atoms with Crippen LogP contribution >= 0.6 is 0 Å². The third-order valence-electron chi connectivity index (χ3n) is 2.92. The van der Waals surface area contributed by atoms with Crippen molar-refractivity contribution in [1.82, 2.24) is 5.32 Å². The van der Waals surface area contributed by atoms with Gasteiger partial charge in [0.2, 0.25) is 5.91 Å². The van der Waals surface area contributed by atoms with Crippen LogP contribution in [0.3, 0.4) is 0 Å². The average molecular weight is 294 g/mol. The van der Waals surface area contributed by atoms with Crippen molar-refractivity contribution in [2.24, 2.45) is 5.73 Å². The molecule has 5 N–H and O–H groups in total. The number of rotatable bonds is 8. The van der Waals surface area contributed by atoms with Gasteiger partial charge in [-0.05, 0) is 17.5 Å². The van der Waals surface area contributed by atoms with Crippen LogP contribution in [0.4, 0.5) is 0 Å². The fourth-order valence-corrected chi connectivity index (χ4v) is 1.79. The van der Waals surface area contributed by atoms with Crippen molar-refractivity contribution in [3.8, 4) is 0 Å². The lowest BCUT2D eigenvalue weighted by Gasteiger charge is -2.13. The minimum absolute atomic E-state index is 0.0535. The Morgan fingerprint density at radius 1 is 1.10 bits per heavy atom. The predicted molar refractivity (Wildman–Crippen MR) is 74.5 cm³/mol. The molecule has 0 heterocycles. The summed E-state index contributed by atoms with van der Waals surface area (Å²) in [7, 11) is 0. The van der Waals surface area contributed by atoms with E-state index >= 15 is 0 Å². The first-order valence-electron chi connectivity index (χ1n) is 6.43. The van der Waals surface area contributed by atoms with Gasteiger partial charge in [-0.1, -0.05) is 24.3 Å². The second-order valence-electron chi connectivity index (χ2n) is 4.60. The van der Waals surface area contributed by atoms with E-state index in [-0.39, 0.29) is 25.8 Å². The SMILES string of the molecule is NC(CCC(=O)O)C(=O)NCc1ccccc1CC(=O)O. The summed E-state index contributed by atoms with van der Waals surface area (Å²) in [5, 5.41) is 19.9. The quantitative estimate of drug-likeness (QED) is 0.539. The minimum Gasteiger partial charge on any atom is -0.481 e. The molecule has 0 radical (unpaired) electrons. The summed E-state index contributed by atoms with van der Waals surface area (Å²) in [5.74, 6) is -2.42. The highest BCUT2D eigenvalue weighted by molar-refractivity contribution is 5.82. The number of carboxylic acid groups (broad SMARTS) is 2. The van der Waals surface area contributed by atoms with E-state index in [0.717, 1.165) is 0 Å². The zero-order valence-corrected chi connectivity index (χ0v) is 11.4. The largest absolute Gasteiger partial charge is 0.481 e. The highest BCUT2D eigenvalue weighted by Crippen LogP contribution is 2.09. The van der Waals surface area contributed by atoms with Gasteiger partial charge in [0, 0.05) is 13.0 Å². The molecule has 114 valence electrons. The summed E-state index contributed by atoms with van der Waals surface area (Å²) in [5.41, 5.74) is 6.89. The number of aliphatic carboxylic acids is 2. The monoisotopic (exact) mass is 294 g/mol. The third kappa shape index (κ3) is 6.05. The van der Waals surface area contributed by atoms with Crippen LogP contribution in [-0.4, -0.2) is 34.1 Å². The molecule has 1 amide bonds. The highest BCUT2D eigenvalue weighted by atomic mass is 16.4. The van der Waals surface area contributed by atoms with Crippen LogP contribution in [0, 0.1) is 0 Å². The topological polar surface area (TPSA) is 130 Å². The van der Waals surface area contributed by atoms with Crippen molar-refractivity contribution in [3.05, 3.63) is 35.4 Å². The molecule has 1 unspecified atom stereocenters. The van der Waals surface area contributed by atoms with Gasteiger partial charge in [0.15, 0.2) is 0 Å². The molecule has 0 spiro atoms. The normalized spacial score (nSPS) is 11.7. The van der Waals surface area contributed by atoms with E-state index in [2.05, 4.69) is 5.32 Å². The van der Waals surface area contributed by atoms with Gasteiger partial charge in [-0.15, -0.1) is 0 Å². The molecule has 0 saturated heterocycles. The molecule has 7 heteroatoms. The molecule has 0 aliphatic rings. The summed E-state index contributed by atoms with van der Waals surface area (Å²) in [6, 6.07) is 5.98. The van der Waals surface area contributed by atoms with Crippen LogP contribution in [0.15, 0.2) is 24.3 Å². The Labute approximate surface area is 121 Å². The number of nitrogens with two attached hydrogens (primary N) is 1. The van der Waals surface area contributed by atoms with E-state index in [0.29, 0.717) is 11.1 Å². The van der Waals surface area contributed by atoms with Gasteiger partial charge in [-0.25, -0.2) is 0 Å². The van der Waals surface area contributed by atoms with Crippen molar-refractivity contribution in [1.29, 1.82) is 0 Å². The molecule has 0 aliphatic heterocycles. The van der Waals surface area contributed by atoms with E-state index in [1.54, 1.807) is 24.3 Å². The minimum atomic E-state index is -1.01. The van der Waals surface area contributed by atoms with Crippen LogP contribution in [0.25, 0.3) is 0 Å². The molecule has 0 saturated carbocycles. The van der Waals surface area contributed by atoms with Crippen LogP contribution < -0.4 is 11.1 Å². The summed E-state index contributed by atoms with van der Waals surface area (Å²) >= 11 is 0. The molecule has 0 bridgehead atoms. The first-order chi connectivity index (χ1) is 9.90. The standard InChI is InChI=1S/C14H18N2O5/c15-11(5-6-12(17)18)14(21)16-8-10-4-2-1-3-9(10)7-13(19)20/h1-4,11H,5-8,15H2,(H,16,21)(H,17,18)(H,19,20). The summed E-state index contributed by atoms with van der Waals surface area (Å²) in [4.78, 5) is 32.9. The Morgan fingerprint density at radius 3 is 2.29 bits per heavy atom. The first kappa shape index (κ1) is 16.6. The molecule has 7 nitrogen and oxygen atoms in total. The average Bonchev–Trinajstić information content (AvgIpc) is 2.42. The number of amides is 1. The number of hydrogen-bond acceptors (Lipinski definition) is 4. The predicted octanol–water partition coefficient (Wildman–Crippen LogP) is 0.122. The van der Waals surface area contributed by atoms with Crippen LogP contribution in [0.2, 0.25) is 0 Å². The number of carbonyl (C=O) groups is 3. The van der Waals surface area contributed by atoms with Crippen LogP contribution in [0.1, 0.15) is 24.0 Å². The second-order valence-corrected chi connectivity index (χ2v) is 4.60. The van der Waals surface area contributed by atoms with E-state index in [9.17, 15) is 14.4 Å². The Balaban J connectivity index is 2.56. The number of carbonyl (C=O) groups excluding carboxylic acids is 1. The first-order valence-corrected chi connectivity index (χ1v) is 6.43. The molecule has 1 rings (SSSR count). The maximum absolute atomic E-state index is 11.7. The Kier molecular flexibility index (Phi) is 6.35. The Bertz CT molecular complexity index is 530. The molecular formula is C14H18N2O5. The fourth-order valence-electron chi connectivity index (χ4n) is 1.79. The van der Waals surface area contributed by atoms with E-state index < -0.39 is 23.9 Å². The molecule has 0 fully saturated rings. The number of benzene rings is 1. The fraction of sp³-hybridized carbons (Fsp3) is 0.357. The van der Waals surface area contributed by atoms with E-state index in [1.807, 2.05) is 0 Å². The van der Waals surface area contributed by atoms with Gasteiger partial charge < -0.3 is 21.3 Å². The molecule has 1 aromatic rings. The third-order valence-corrected chi connectivity index (χ3v) is 2.92. The van der Waals surface area contributed by atoms with Gasteiger partial charge in [0.1, 0.15) is 0 Å². The maximum atomic E-state index is 11.7. The molecule has 1 atom stereocenters. The molecule has 1 aromatic carbocycles. The Morgan fingerprint density at radius 2 is 1.71 bits per heavy atom. The van der Waals surface area contributed by atoms with E-state index in [1.165, 1.54) is 0 Å². The van der Waals surface area contributed by atoms with Gasteiger partial charge in [0.25, 0.3) is 0 Å². The lowest BCUT2D eigenvalue weighted by molar-refractivity contribution is -0.138. The van der Waals surface area contributed by atoms with Gasteiger partial charge in [-0.2, -0.15) is 0 Å². The second kappa shape index (κ2) is 8.01. The van der Waals surface area contributed by atoms with Crippen LogP contribution in [0.5, 0.6) is 0 Å². The molecule has 0 aliphatic carbocycles. The van der Waals surface area contributed by atoms with Crippen molar-refractivity contribution in [2.45, 2.75) is 31.8 Å². The van der Waals surface area contributed by atoms with Crippen molar-refractivity contribution < 1.29 is 24.6 Å². The van der Waals surface area contributed by atoms with Crippen molar-refractivity contribution in [3.63, 3.8) is 0 Å². The van der Waals surface area contributed by atoms with Crippen molar-refractivity contribution >= 4 is 17.8 Å². The summed E-state index contributed by atoms with van der Waals surface area (Å²) in [6.45, 7) is 0.156. The number of nitrogens with one attached hydrogen (secondary N) is 1. The zero-order valence-electron chi connectivity index (χ0n) is 11.4. The maximum Gasteiger partial charge on any atom is 0.307 e. The number of hydrogen-bond donors (Lipinski definition) is 4. The van der Waals surface area contributed by atoms with E-state index in [4.69, 9.17) is 15.9 Å². The van der Waals surface area contributed by atoms with Crippen LogP contribution in [-0.2, 0) is 27.3 Å². The van der Waals surface area contributed by atoms with Gasteiger partial charge in [0.05, 0.1) is 12.5 Å². The van der Waals surface area contributed by atoms with Gasteiger partial charge >= 0.3 is 11.9 Å². The summed E-state index contributed by atoms with van der Waals surface area (Å²) < 4.78 is 0. The van der Waals surface area contributed by atoms with Gasteiger partial charge in [-0.3, -0.25) is 14.4 Å². The molecule has 21 heavy (non-hydrogen) atoms. The Hall–Kier alpha value is -2.41. The molecule has 0 aromatic heterocycles. The zero-order chi connectivity index (χ0) is 15.8. The molecular weight excluding hydrogens is 276 g/mol. The van der Waals surface area contributed by atoms with Crippen molar-refractivity contribution in [2.75, 3.05) is 0 Å². The summed E-state index contributed by atoms with van der Waals surface area (Å²) in [6.07, 6.45) is -0.251. The lowest BCUT2D eigenvalue weighted by Crippen LogP contribution is -2.40. The number of carboxylic acids is 2. The smallest absolute Gasteiger partial charge is 0.307 e. The lowest BCUT2D eigenvalue weighted by atomic mass is 10.0. The highest BCUT2D eigenvalue weighted by Gasteiger charge is 2.15.